The summed E-state index contributed by atoms with van der Waals surface area (Å²) < 4.78 is 5.66. The molecule has 20 heavy (non-hydrogen) atoms. The fourth-order valence-electron chi connectivity index (χ4n) is 2.22. The summed E-state index contributed by atoms with van der Waals surface area (Å²) in [5.74, 6) is 0.749. The van der Waals surface area contributed by atoms with Crippen molar-refractivity contribution in [3.63, 3.8) is 0 Å². The molecular weight excluding hydrogens is 250 g/mol. The first-order valence-electron chi connectivity index (χ1n) is 7.07. The third-order valence-corrected chi connectivity index (χ3v) is 3.40. The smallest absolute Gasteiger partial charge is 0.120 e. The number of nitrogens with zero attached hydrogens (tertiary/aromatic N) is 3. The Balaban J connectivity index is 1.69. The lowest BCUT2D eigenvalue weighted by atomic mass is 10.2. The summed E-state index contributed by atoms with van der Waals surface area (Å²) >= 11 is 0. The molecule has 1 aliphatic carbocycles. The molecule has 0 N–H and O–H groups in total. The predicted octanol–water partition coefficient (Wildman–Crippen LogP) is 2.71. The normalized spacial score (nSPS) is 13.8. The van der Waals surface area contributed by atoms with E-state index in [1.54, 1.807) is 12.1 Å². The second kappa shape index (κ2) is 7.53. The van der Waals surface area contributed by atoms with Gasteiger partial charge >= 0.3 is 0 Å². The minimum absolute atomic E-state index is 0.599. The van der Waals surface area contributed by atoms with E-state index in [4.69, 9.17) is 15.3 Å². The van der Waals surface area contributed by atoms with E-state index in [9.17, 15) is 0 Å². The van der Waals surface area contributed by atoms with Gasteiger partial charge in [-0.1, -0.05) is 6.07 Å². The molecule has 0 aliphatic heterocycles. The van der Waals surface area contributed by atoms with Crippen LogP contribution in [-0.2, 0) is 0 Å². The highest BCUT2D eigenvalue weighted by Crippen LogP contribution is 2.26. The van der Waals surface area contributed by atoms with Gasteiger partial charge in [0.2, 0.25) is 0 Å². The first-order chi connectivity index (χ1) is 9.83. The Bertz CT molecular complexity index is 511. The topological polar surface area (TPSA) is 60.1 Å². The zero-order chi connectivity index (χ0) is 14.2. The lowest BCUT2D eigenvalue weighted by molar-refractivity contribution is 0.230. The number of nitriles is 2. The second-order valence-electron chi connectivity index (χ2n) is 5.02. The van der Waals surface area contributed by atoms with Crippen molar-refractivity contribution in [1.29, 1.82) is 10.5 Å². The third-order valence-electron chi connectivity index (χ3n) is 3.40. The van der Waals surface area contributed by atoms with Crippen molar-refractivity contribution in [2.75, 3.05) is 19.7 Å². The van der Waals surface area contributed by atoms with Crippen LogP contribution >= 0.6 is 0 Å². The Kier molecular flexibility index (Phi) is 5.41. The van der Waals surface area contributed by atoms with Crippen LogP contribution in [0.1, 0.15) is 31.2 Å². The number of hydrogen-bond acceptors (Lipinski definition) is 4. The zero-order valence-corrected chi connectivity index (χ0v) is 11.6. The van der Waals surface area contributed by atoms with Gasteiger partial charge in [-0.05, 0) is 37.5 Å². The summed E-state index contributed by atoms with van der Waals surface area (Å²) in [6.07, 6.45) is 4.06. The highest BCUT2D eigenvalue weighted by molar-refractivity contribution is 5.36. The van der Waals surface area contributed by atoms with Crippen LogP contribution < -0.4 is 4.74 Å². The average molecular weight is 269 g/mol. The molecule has 0 amide bonds. The van der Waals surface area contributed by atoms with Crippen molar-refractivity contribution in [1.82, 2.24) is 4.90 Å². The Morgan fingerprint density at radius 3 is 2.80 bits per heavy atom. The predicted molar refractivity (Wildman–Crippen MR) is 76.1 cm³/mol. The molecule has 104 valence electrons. The number of rotatable bonds is 8. The van der Waals surface area contributed by atoms with E-state index in [1.165, 1.54) is 12.8 Å². The van der Waals surface area contributed by atoms with Gasteiger partial charge in [-0.15, -0.1) is 0 Å². The average Bonchev–Trinajstić information content (AvgIpc) is 3.31. The molecule has 0 spiro atoms. The number of ether oxygens (including phenoxy) is 1. The van der Waals surface area contributed by atoms with Crippen molar-refractivity contribution in [2.24, 2.45) is 0 Å². The van der Waals surface area contributed by atoms with Crippen LogP contribution in [-0.4, -0.2) is 30.6 Å². The second-order valence-corrected chi connectivity index (χ2v) is 5.02. The van der Waals surface area contributed by atoms with E-state index in [1.807, 2.05) is 12.1 Å². The maximum Gasteiger partial charge on any atom is 0.120 e. The molecule has 1 aromatic rings. The van der Waals surface area contributed by atoms with Crippen LogP contribution in [0.5, 0.6) is 5.75 Å². The van der Waals surface area contributed by atoms with Gasteiger partial charge in [-0.2, -0.15) is 10.5 Å². The maximum absolute atomic E-state index is 8.82. The van der Waals surface area contributed by atoms with Gasteiger partial charge < -0.3 is 4.74 Å². The fraction of sp³-hybridized carbons (Fsp3) is 0.500. The van der Waals surface area contributed by atoms with Crippen LogP contribution in [0.3, 0.4) is 0 Å². The summed E-state index contributed by atoms with van der Waals surface area (Å²) in [5, 5.41) is 17.5. The van der Waals surface area contributed by atoms with E-state index in [-0.39, 0.29) is 0 Å². The fourth-order valence-corrected chi connectivity index (χ4v) is 2.22. The van der Waals surface area contributed by atoms with E-state index in [2.05, 4.69) is 17.0 Å². The van der Waals surface area contributed by atoms with Crippen LogP contribution in [0.2, 0.25) is 0 Å². The molecule has 0 atom stereocenters. The summed E-state index contributed by atoms with van der Waals surface area (Å²) in [6.45, 7) is 2.49. The standard InChI is InChI=1S/C16H19N3O/c17-8-2-9-19(15-6-7-15)10-3-11-20-16-5-1-4-14(12-16)13-18/h1,4-5,12,15H,2-3,6-7,9-11H2. The molecule has 2 rings (SSSR count). The van der Waals surface area contributed by atoms with E-state index in [0.717, 1.165) is 25.3 Å². The SMILES string of the molecule is N#CCCN(CCCOc1cccc(C#N)c1)C1CC1. The molecule has 0 heterocycles. The summed E-state index contributed by atoms with van der Waals surface area (Å²) in [7, 11) is 0. The molecule has 0 saturated heterocycles. The van der Waals surface area contributed by atoms with Gasteiger partial charge in [0.1, 0.15) is 5.75 Å². The van der Waals surface area contributed by atoms with Crippen LogP contribution in [0, 0.1) is 22.7 Å². The number of benzene rings is 1. The number of hydrogen-bond donors (Lipinski definition) is 0. The van der Waals surface area contributed by atoms with Gasteiger partial charge in [-0.3, -0.25) is 4.90 Å². The van der Waals surface area contributed by atoms with Crippen LogP contribution in [0.25, 0.3) is 0 Å². The molecule has 0 unspecified atom stereocenters. The lowest BCUT2D eigenvalue weighted by Crippen LogP contribution is -2.29. The first-order valence-corrected chi connectivity index (χ1v) is 7.07. The summed E-state index contributed by atoms with van der Waals surface area (Å²) in [4.78, 5) is 2.39. The van der Waals surface area contributed by atoms with Crippen molar-refractivity contribution in [3.05, 3.63) is 29.8 Å². The molecule has 0 radical (unpaired) electrons. The van der Waals surface area contributed by atoms with Gasteiger partial charge in [0, 0.05) is 25.6 Å². The lowest BCUT2D eigenvalue weighted by Gasteiger charge is -2.20. The van der Waals surface area contributed by atoms with Gasteiger partial charge in [0.15, 0.2) is 0 Å². The van der Waals surface area contributed by atoms with Gasteiger partial charge in [0.05, 0.1) is 24.3 Å². The molecule has 1 fully saturated rings. The largest absolute Gasteiger partial charge is 0.494 e. The molecular formula is C16H19N3O. The Morgan fingerprint density at radius 2 is 2.10 bits per heavy atom. The van der Waals surface area contributed by atoms with E-state index < -0.39 is 0 Å². The van der Waals surface area contributed by atoms with Crippen LogP contribution in [0.4, 0.5) is 0 Å². The van der Waals surface area contributed by atoms with Gasteiger partial charge in [-0.25, -0.2) is 0 Å². The van der Waals surface area contributed by atoms with E-state index in [0.29, 0.717) is 24.6 Å². The molecule has 4 heteroatoms. The van der Waals surface area contributed by atoms with Crippen LogP contribution in [0.15, 0.2) is 24.3 Å². The van der Waals surface area contributed by atoms with Crippen molar-refractivity contribution >= 4 is 0 Å². The molecule has 0 aromatic heterocycles. The quantitative estimate of drug-likeness (QED) is 0.681. The summed E-state index contributed by atoms with van der Waals surface area (Å²) in [6, 6.07) is 12.2. The molecule has 1 aliphatic rings. The summed E-state index contributed by atoms with van der Waals surface area (Å²) in [5.41, 5.74) is 0.621. The van der Waals surface area contributed by atoms with Crippen molar-refractivity contribution < 1.29 is 4.74 Å². The van der Waals surface area contributed by atoms with Crippen molar-refractivity contribution in [3.8, 4) is 17.9 Å². The highest BCUT2D eigenvalue weighted by Gasteiger charge is 2.27. The van der Waals surface area contributed by atoms with E-state index >= 15 is 0 Å². The first kappa shape index (κ1) is 14.4. The third kappa shape index (κ3) is 4.57. The Labute approximate surface area is 120 Å². The highest BCUT2D eigenvalue weighted by atomic mass is 16.5. The van der Waals surface area contributed by atoms with Gasteiger partial charge in [0.25, 0.3) is 0 Å². The molecule has 4 nitrogen and oxygen atoms in total. The Morgan fingerprint density at radius 1 is 1.25 bits per heavy atom. The zero-order valence-electron chi connectivity index (χ0n) is 11.6. The maximum atomic E-state index is 8.82. The van der Waals surface area contributed by atoms with Crippen molar-refractivity contribution in [2.45, 2.75) is 31.7 Å². The minimum atomic E-state index is 0.599. The minimum Gasteiger partial charge on any atom is -0.494 e. The molecule has 1 aromatic carbocycles. The molecule has 0 bridgehead atoms. The Hall–Kier alpha value is -2.04. The monoisotopic (exact) mass is 269 g/mol. The molecule has 1 saturated carbocycles.